The third kappa shape index (κ3) is 3.85. The second kappa shape index (κ2) is 6.26. The maximum absolute atomic E-state index is 10.6. The molecule has 0 aliphatic carbocycles. The summed E-state index contributed by atoms with van der Waals surface area (Å²) in [6, 6.07) is 9.82. The molecule has 0 saturated heterocycles. The Balaban J connectivity index is 2.12. The predicted octanol–water partition coefficient (Wildman–Crippen LogP) is 3.98. The second-order valence-electron chi connectivity index (χ2n) is 4.35. The Kier molecular flexibility index (Phi) is 4.66. The molecule has 0 bridgehead atoms. The average molecular weight is 296 g/mol. The summed E-state index contributed by atoms with van der Waals surface area (Å²) >= 11 is 7.73. The molecule has 0 saturated carbocycles. The normalized spacial score (nSPS) is 12.5. The molecule has 1 heterocycles. The van der Waals surface area contributed by atoms with Gasteiger partial charge in [0.25, 0.3) is 0 Å². The van der Waals surface area contributed by atoms with E-state index in [1.54, 1.807) is 11.8 Å². The van der Waals surface area contributed by atoms with Gasteiger partial charge >= 0.3 is 5.97 Å². The van der Waals surface area contributed by atoms with Crippen molar-refractivity contribution < 1.29 is 9.90 Å². The van der Waals surface area contributed by atoms with E-state index in [1.165, 1.54) is 0 Å². The van der Waals surface area contributed by atoms with E-state index in [0.29, 0.717) is 10.9 Å². The molecular formula is C14H14ClNO2S. The molecule has 0 fully saturated rings. The second-order valence-corrected chi connectivity index (χ2v) is 6.14. The number of halogens is 1. The zero-order chi connectivity index (χ0) is 13.8. The minimum Gasteiger partial charge on any atom is -0.481 e. The van der Waals surface area contributed by atoms with Gasteiger partial charge in [-0.2, -0.15) is 11.8 Å². The van der Waals surface area contributed by atoms with Crippen LogP contribution in [0.1, 0.15) is 18.9 Å². The summed E-state index contributed by atoms with van der Waals surface area (Å²) in [5.74, 6) is -0.104. The average Bonchev–Trinajstić information content (AvgIpc) is 2.35. The van der Waals surface area contributed by atoms with Crippen LogP contribution < -0.4 is 0 Å². The van der Waals surface area contributed by atoms with Crippen LogP contribution in [0.3, 0.4) is 0 Å². The van der Waals surface area contributed by atoms with Crippen LogP contribution in [0, 0.1) is 0 Å². The molecular weight excluding hydrogens is 282 g/mol. The van der Waals surface area contributed by atoms with Crippen LogP contribution in [0.15, 0.2) is 30.3 Å². The third-order valence-electron chi connectivity index (χ3n) is 2.74. The summed E-state index contributed by atoms with van der Waals surface area (Å²) < 4.78 is 0. The van der Waals surface area contributed by atoms with Crippen LogP contribution in [-0.2, 0) is 10.5 Å². The number of carboxylic acid groups (broad SMARTS) is 1. The van der Waals surface area contributed by atoms with Gasteiger partial charge in [0.15, 0.2) is 0 Å². The van der Waals surface area contributed by atoms with E-state index in [2.05, 4.69) is 4.98 Å². The SMILES string of the molecule is CC(CC(=O)O)SCc1cc2ccccc2nc1Cl. The van der Waals surface area contributed by atoms with Crippen molar-refractivity contribution in [3.05, 3.63) is 41.0 Å². The first-order valence-electron chi connectivity index (χ1n) is 5.94. The van der Waals surface area contributed by atoms with Crippen LogP contribution in [0.4, 0.5) is 0 Å². The van der Waals surface area contributed by atoms with E-state index >= 15 is 0 Å². The van der Waals surface area contributed by atoms with Crippen molar-refractivity contribution in [1.82, 2.24) is 4.98 Å². The van der Waals surface area contributed by atoms with Crippen molar-refractivity contribution in [3.8, 4) is 0 Å². The number of aromatic nitrogens is 1. The summed E-state index contributed by atoms with van der Waals surface area (Å²) in [6.07, 6.45) is 0.156. The van der Waals surface area contributed by atoms with Gasteiger partial charge in [-0.1, -0.05) is 36.7 Å². The first kappa shape index (κ1) is 14.2. The lowest BCUT2D eigenvalue weighted by Gasteiger charge is -2.10. The molecule has 1 atom stereocenters. The first-order chi connectivity index (χ1) is 9.06. The summed E-state index contributed by atoms with van der Waals surface area (Å²) in [4.78, 5) is 15.0. The number of hydrogen-bond acceptors (Lipinski definition) is 3. The highest BCUT2D eigenvalue weighted by Gasteiger charge is 2.10. The van der Waals surface area contributed by atoms with Crippen LogP contribution in [0.2, 0.25) is 5.15 Å². The molecule has 0 aliphatic rings. The fraction of sp³-hybridized carbons (Fsp3) is 0.286. The van der Waals surface area contributed by atoms with Crippen molar-refractivity contribution in [2.75, 3.05) is 0 Å². The van der Waals surface area contributed by atoms with Crippen LogP contribution >= 0.6 is 23.4 Å². The van der Waals surface area contributed by atoms with Crippen LogP contribution in [-0.4, -0.2) is 21.3 Å². The molecule has 0 amide bonds. The zero-order valence-electron chi connectivity index (χ0n) is 10.5. The molecule has 3 nitrogen and oxygen atoms in total. The Bertz CT molecular complexity index is 603. The lowest BCUT2D eigenvalue weighted by Crippen LogP contribution is -2.06. The van der Waals surface area contributed by atoms with Gasteiger partial charge in [-0.15, -0.1) is 0 Å². The van der Waals surface area contributed by atoms with Gasteiger partial charge in [0.2, 0.25) is 0 Å². The van der Waals surface area contributed by atoms with Gasteiger partial charge < -0.3 is 5.11 Å². The molecule has 2 aromatic rings. The lowest BCUT2D eigenvalue weighted by atomic mass is 10.2. The van der Waals surface area contributed by atoms with Gasteiger partial charge in [0.1, 0.15) is 5.15 Å². The van der Waals surface area contributed by atoms with Gasteiger partial charge in [0, 0.05) is 22.0 Å². The number of rotatable bonds is 5. The number of benzene rings is 1. The number of nitrogens with zero attached hydrogens (tertiary/aromatic N) is 1. The van der Waals surface area contributed by atoms with Crippen molar-refractivity contribution in [3.63, 3.8) is 0 Å². The Morgan fingerprint density at radius 2 is 2.21 bits per heavy atom. The molecule has 100 valence electrons. The van der Waals surface area contributed by atoms with E-state index in [1.807, 2.05) is 37.3 Å². The quantitative estimate of drug-likeness (QED) is 0.848. The van der Waals surface area contributed by atoms with Crippen molar-refractivity contribution in [1.29, 1.82) is 0 Å². The van der Waals surface area contributed by atoms with E-state index in [0.717, 1.165) is 16.5 Å². The fourth-order valence-corrected chi connectivity index (χ4v) is 3.01. The number of hydrogen-bond donors (Lipinski definition) is 1. The minimum absolute atomic E-state index is 0.0556. The van der Waals surface area contributed by atoms with Crippen molar-refractivity contribution in [2.24, 2.45) is 0 Å². The topological polar surface area (TPSA) is 50.2 Å². The van der Waals surface area contributed by atoms with Gasteiger partial charge in [0.05, 0.1) is 11.9 Å². The number of carboxylic acids is 1. The van der Waals surface area contributed by atoms with Gasteiger partial charge in [-0.25, -0.2) is 4.98 Å². The lowest BCUT2D eigenvalue weighted by molar-refractivity contribution is -0.136. The standard InChI is InChI=1S/C14H14ClNO2S/c1-9(6-13(17)18)19-8-11-7-10-4-2-3-5-12(10)16-14(11)15/h2-5,7,9H,6,8H2,1H3,(H,17,18). The number of pyridine rings is 1. The molecule has 0 aliphatic heterocycles. The van der Waals surface area contributed by atoms with Gasteiger partial charge in [-0.3, -0.25) is 4.79 Å². The third-order valence-corrected chi connectivity index (χ3v) is 4.28. The summed E-state index contributed by atoms with van der Waals surface area (Å²) in [5, 5.41) is 10.3. The molecule has 1 aromatic heterocycles. The molecule has 1 aromatic carbocycles. The number of thioether (sulfide) groups is 1. The molecule has 19 heavy (non-hydrogen) atoms. The smallest absolute Gasteiger partial charge is 0.304 e. The number of aliphatic carboxylic acids is 1. The van der Waals surface area contributed by atoms with Crippen LogP contribution in [0.5, 0.6) is 0 Å². The molecule has 0 spiro atoms. The molecule has 2 rings (SSSR count). The zero-order valence-corrected chi connectivity index (χ0v) is 12.0. The highest BCUT2D eigenvalue weighted by molar-refractivity contribution is 7.99. The minimum atomic E-state index is -0.775. The van der Waals surface area contributed by atoms with E-state index in [-0.39, 0.29) is 11.7 Å². The summed E-state index contributed by atoms with van der Waals surface area (Å²) in [5.41, 5.74) is 1.82. The van der Waals surface area contributed by atoms with E-state index in [9.17, 15) is 4.79 Å². The Hall–Kier alpha value is -1.26. The Labute approximate surface area is 121 Å². The number of fused-ring (bicyclic) bond motifs is 1. The highest BCUT2D eigenvalue weighted by Crippen LogP contribution is 2.26. The highest BCUT2D eigenvalue weighted by atomic mass is 35.5. The maximum atomic E-state index is 10.6. The van der Waals surface area contributed by atoms with E-state index < -0.39 is 5.97 Å². The van der Waals surface area contributed by atoms with Crippen LogP contribution in [0.25, 0.3) is 10.9 Å². The number of para-hydroxylation sites is 1. The molecule has 0 radical (unpaired) electrons. The molecule has 5 heteroatoms. The summed E-state index contributed by atoms with van der Waals surface area (Å²) in [6.45, 7) is 1.90. The Morgan fingerprint density at radius 3 is 2.95 bits per heavy atom. The van der Waals surface area contributed by atoms with Crippen molar-refractivity contribution >= 4 is 40.2 Å². The fourth-order valence-electron chi connectivity index (χ4n) is 1.77. The molecule has 1 unspecified atom stereocenters. The van der Waals surface area contributed by atoms with E-state index in [4.69, 9.17) is 16.7 Å². The van der Waals surface area contributed by atoms with Crippen molar-refractivity contribution in [2.45, 2.75) is 24.3 Å². The maximum Gasteiger partial charge on any atom is 0.304 e. The molecule has 1 N–H and O–H groups in total. The predicted molar refractivity (Wildman–Crippen MR) is 79.8 cm³/mol. The van der Waals surface area contributed by atoms with Gasteiger partial charge in [-0.05, 0) is 12.1 Å². The Morgan fingerprint density at radius 1 is 1.47 bits per heavy atom. The monoisotopic (exact) mass is 295 g/mol. The largest absolute Gasteiger partial charge is 0.481 e. The first-order valence-corrected chi connectivity index (χ1v) is 7.36. The summed E-state index contributed by atoms with van der Waals surface area (Å²) in [7, 11) is 0. The number of carbonyl (C=O) groups is 1.